The molecule has 6 atom stereocenters. The predicted octanol–water partition coefficient (Wildman–Crippen LogP) is 3.96. The number of carbonyl (C=O) groups excluding carboxylic acids is 3. The van der Waals surface area contributed by atoms with E-state index in [1.54, 1.807) is 7.05 Å². The highest BCUT2D eigenvalue weighted by atomic mass is 19.1. The molecule has 1 aromatic rings. The Morgan fingerprint density at radius 2 is 1.80 bits per heavy atom. The molecule has 8 heteroatoms. The van der Waals surface area contributed by atoms with Crippen LogP contribution in [-0.4, -0.2) is 54.2 Å². The van der Waals surface area contributed by atoms with Gasteiger partial charge in [0.1, 0.15) is 6.04 Å². The van der Waals surface area contributed by atoms with E-state index in [9.17, 15) is 18.8 Å². The highest BCUT2D eigenvalue weighted by molar-refractivity contribution is 5.83. The second-order valence-corrected chi connectivity index (χ2v) is 9.61. The Hall–Kier alpha value is -2.48. The third kappa shape index (κ3) is 8.30. The van der Waals surface area contributed by atoms with Crippen LogP contribution in [0.15, 0.2) is 30.3 Å². The van der Waals surface area contributed by atoms with Gasteiger partial charge in [-0.1, -0.05) is 50.6 Å². The van der Waals surface area contributed by atoms with Gasteiger partial charge in [0.05, 0.1) is 5.92 Å². The molecule has 2 rings (SSSR count). The number of ether oxygens (including phenoxy) is 1. The third-order valence-electron chi connectivity index (χ3n) is 6.93. The van der Waals surface area contributed by atoms with Gasteiger partial charge in [-0.15, -0.1) is 0 Å². The number of hydrogen-bond donors (Lipinski definition) is 2. The van der Waals surface area contributed by atoms with Gasteiger partial charge in [-0.2, -0.15) is 0 Å². The molecule has 0 aliphatic carbocycles. The predicted molar refractivity (Wildman–Crippen MR) is 134 cm³/mol. The molecule has 2 amide bonds. The van der Waals surface area contributed by atoms with Crippen LogP contribution in [0.5, 0.6) is 0 Å². The lowest BCUT2D eigenvalue weighted by Crippen LogP contribution is -2.46. The van der Waals surface area contributed by atoms with Crippen LogP contribution in [0.25, 0.3) is 0 Å². The van der Waals surface area contributed by atoms with Crippen LogP contribution in [0.2, 0.25) is 0 Å². The summed E-state index contributed by atoms with van der Waals surface area (Å²) in [5.74, 6) is -1.20. The minimum absolute atomic E-state index is 0.0814. The molecule has 1 heterocycles. The van der Waals surface area contributed by atoms with Crippen molar-refractivity contribution in [1.29, 1.82) is 0 Å². The molecule has 196 valence electrons. The molecular weight excluding hydrogens is 449 g/mol. The molecule has 1 aromatic carbocycles. The molecule has 1 aliphatic rings. The van der Waals surface area contributed by atoms with E-state index >= 15 is 0 Å². The SMILES string of the molecule is CCCC(F)OC(=O)[C@H]1C[C@@H](C(=O)NC)[C@@H](CC(CCC)C(C)NC(C)=O)N1Cc1ccccc1. The summed E-state index contributed by atoms with van der Waals surface area (Å²) in [6.07, 6.45) is 1.74. The number of nitrogens with zero attached hydrogens (tertiary/aromatic N) is 1. The molecule has 2 N–H and O–H groups in total. The molecule has 1 aliphatic heterocycles. The van der Waals surface area contributed by atoms with Crippen LogP contribution in [0, 0.1) is 11.8 Å². The van der Waals surface area contributed by atoms with E-state index in [-0.39, 0.29) is 42.7 Å². The summed E-state index contributed by atoms with van der Waals surface area (Å²) in [5, 5.41) is 5.75. The first kappa shape index (κ1) is 28.8. The average molecular weight is 492 g/mol. The van der Waals surface area contributed by atoms with E-state index in [4.69, 9.17) is 4.74 Å². The van der Waals surface area contributed by atoms with Gasteiger partial charge in [0.25, 0.3) is 0 Å². The van der Waals surface area contributed by atoms with Gasteiger partial charge < -0.3 is 15.4 Å². The zero-order chi connectivity index (χ0) is 26.0. The number of carbonyl (C=O) groups is 3. The summed E-state index contributed by atoms with van der Waals surface area (Å²) < 4.78 is 19.4. The highest BCUT2D eigenvalue weighted by Crippen LogP contribution is 2.38. The van der Waals surface area contributed by atoms with Crippen molar-refractivity contribution in [2.24, 2.45) is 11.8 Å². The summed E-state index contributed by atoms with van der Waals surface area (Å²) in [6.45, 7) is 7.85. The van der Waals surface area contributed by atoms with Crippen molar-refractivity contribution < 1.29 is 23.5 Å². The summed E-state index contributed by atoms with van der Waals surface area (Å²) >= 11 is 0. The molecule has 7 nitrogen and oxygen atoms in total. The Morgan fingerprint density at radius 1 is 1.14 bits per heavy atom. The zero-order valence-corrected chi connectivity index (χ0v) is 21.8. The van der Waals surface area contributed by atoms with Gasteiger partial charge in [0, 0.05) is 39.0 Å². The normalized spacial score (nSPS) is 22.7. The van der Waals surface area contributed by atoms with Crippen molar-refractivity contribution in [3.63, 3.8) is 0 Å². The lowest BCUT2D eigenvalue weighted by Gasteiger charge is -2.35. The molecule has 3 unspecified atom stereocenters. The first-order valence-corrected chi connectivity index (χ1v) is 12.8. The monoisotopic (exact) mass is 491 g/mol. The fraction of sp³-hybridized carbons (Fsp3) is 0.667. The quantitative estimate of drug-likeness (QED) is 0.408. The van der Waals surface area contributed by atoms with E-state index in [0.29, 0.717) is 19.4 Å². The number of amides is 2. The largest absolute Gasteiger partial charge is 0.430 e. The molecule has 1 saturated heterocycles. The lowest BCUT2D eigenvalue weighted by atomic mass is 9.84. The second kappa shape index (κ2) is 14.2. The van der Waals surface area contributed by atoms with Crippen molar-refractivity contribution in [2.45, 2.75) is 97.2 Å². The van der Waals surface area contributed by atoms with Crippen LogP contribution in [-0.2, 0) is 25.7 Å². The summed E-state index contributed by atoms with van der Waals surface area (Å²) in [6, 6.07) is 8.68. The number of nitrogens with one attached hydrogen (secondary N) is 2. The van der Waals surface area contributed by atoms with Gasteiger partial charge in [-0.3, -0.25) is 19.3 Å². The summed E-state index contributed by atoms with van der Waals surface area (Å²) in [4.78, 5) is 39.9. The van der Waals surface area contributed by atoms with Crippen LogP contribution in [0.1, 0.15) is 71.8 Å². The Labute approximate surface area is 209 Å². The number of rotatable bonds is 13. The fourth-order valence-corrected chi connectivity index (χ4v) is 5.20. The molecule has 1 fully saturated rings. The average Bonchev–Trinajstić information content (AvgIpc) is 3.16. The fourth-order valence-electron chi connectivity index (χ4n) is 5.20. The van der Waals surface area contributed by atoms with Crippen molar-refractivity contribution >= 4 is 17.8 Å². The van der Waals surface area contributed by atoms with Gasteiger partial charge in [-0.05, 0) is 44.1 Å². The number of benzene rings is 1. The number of hydrogen-bond acceptors (Lipinski definition) is 5. The van der Waals surface area contributed by atoms with E-state index in [0.717, 1.165) is 18.4 Å². The van der Waals surface area contributed by atoms with Gasteiger partial charge in [0.2, 0.25) is 18.2 Å². The van der Waals surface area contributed by atoms with Gasteiger partial charge in [0.15, 0.2) is 0 Å². The van der Waals surface area contributed by atoms with E-state index in [1.807, 2.05) is 49.1 Å². The standard InChI is InChI=1S/C27H42FN3O4/c1-6-11-21(18(3)30-19(4)32)15-23-22(26(33)29-5)16-24(27(34)35-25(28)12-7-2)31(23)17-20-13-9-8-10-14-20/h8-10,13-14,18,21-25H,6-7,11-12,15-17H2,1-5H3,(H,29,33)(H,30,32)/t18?,21?,22-,23-,24-,25?/m1/s1. The van der Waals surface area contributed by atoms with Gasteiger partial charge in [-0.25, -0.2) is 4.39 Å². The molecule has 0 bridgehead atoms. The number of esters is 1. The van der Waals surface area contributed by atoms with E-state index in [1.165, 1.54) is 6.92 Å². The van der Waals surface area contributed by atoms with Crippen molar-refractivity contribution in [3.8, 4) is 0 Å². The van der Waals surface area contributed by atoms with Crippen LogP contribution in [0.3, 0.4) is 0 Å². The first-order valence-electron chi connectivity index (χ1n) is 12.8. The third-order valence-corrected chi connectivity index (χ3v) is 6.93. The van der Waals surface area contributed by atoms with Crippen molar-refractivity contribution in [3.05, 3.63) is 35.9 Å². The molecular formula is C27H42FN3O4. The zero-order valence-electron chi connectivity index (χ0n) is 21.8. The second-order valence-electron chi connectivity index (χ2n) is 9.61. The Bertz CT molecular complexity index is 822. The maximum absolute atomic E-state index is 14.2. The Balaban J connectivity index is 2.41. The molecule has 0 spiro atoms. The minimum atomic E-state index is -1.66. The molecule has 0 aromatic heterocycles. The molecule has 0 saturated carbocycles. The van der Waals surface area contributed by atoms with E-state index < -0.39 is 24.3 Å². The molecule has 0 radical (unpaired) electrons. The smallest absolute Gasteiger partial charge is 0.325 e. The summed E-state index contributed by atoms with van der Waals surface area (Å²) in [5.41, 5.74) is 1.00. The van der Waals surface area contributed by atoms with Crippen molar-refractivity contribution in [2.75, 3.05) is 7.05 Å². The Kier molecular flexibility index (Phi) is 11.6. The minimum Gasteiger partial charge on any atom is -0.430 e. The van der Waals surface area contributed by atoms with Crippen LogP contribution >= 0.6 is 0 Å². The van der Waals surface area contributed by atoms with Gasteiger partial charge >= 0.3 is 5.97 Å². The molecule has 35 heavy (non-hydrogen) atoms. The lowest BCUT2D eigenvalue weighted by molar-refractivity contribution is -0.164. The maximum Gasteiger partial charge on any atom is 0.325 e. The first-order chi connectivity index (χ1) is 16.7. The van der Waals surface area contributed by atoms with Crippen LogP contribution in [0.4, 0.5) is 4.39 Å². The topological polar surface area (TPSA) is 87.7 Å². The number of likely N-dealkylation sites (tertiary alicyclic amines) is 1. The summed E-state index contributed by atoms with van der Waals surface area (Å²) in [7, 11) is 1.59. The number of halogens is 1. The Morgan fingerprint density at radius 3 is 2.37 bits per heavy atom. The number of alkyl halides is 1. The van der Waals surface area contributed by atoms with E-state index in [2.05, 4.69) is 17.6 Å². The maximum atomic E-state index is 14.2. The van der Waals surface area contributed by atoms with Crippen molar-refractivity contribution in [1.82, 2.24) is 15.5 Å². The highest BCUT2D eigenvalue weighted by Gasteiger charge is 2.49. The van der Waals surface area contributed by atoms with Crippen LogP contribution < -0.4 is 10.6 Å².